The Bertz CT molecular complexity index is 359. The molecule has 0 aliphatic heterocycles. The standard InChI is InChI=1S/C13H21NO2Si/c1-17(2,3)10-9-16-13(15)12(14)11-7-5-4-6-8-11/h4-8,12H,9-10,14H2,1-3H3/t12-/m1/s1. The summed E-state index contributed by atoms with van der Waals surface area (Å²) < 4.78 is 5.21. The minimum Gasteiger partial charge on any atom is -0.465 e. The summed E-state index contributed by atoms with van der Waals surface area (Å²) in [6, 6.07) is 9.61. The first-order chi connectivity index (χ1) is 7.90. The second-order valence-electron chi connectivity index (χ2n) is 5.37. The molecule has 0 spiro atoms. The van der Waals surface area contributed by atoms with Crippen LogP contribution in [0.25, 0.3) is 0 Å². The van der Waals surface area contributed by atoms with Crippen molar-refractivity contribution in [2.24, 2.45) is 5.73 Å². The highest BCUT2D eigenvalue weighted by atomic mass is 28.3. The number of benzene rings is 1. The monoisotopic (exact) mass is 251 g/mol. The third-order valence-electron chi connectivity index (χ3n) is 2.51. The highest BCUT2D eigenvalue weighted by Gasteiger charge is 2.19. The maximum Gasteiger partial charge on any atom is 0.327 e. The molecule has 0 heterocycles. The molecule has 3 nitrogen and oxygen atoms in total. The Hall–Kier alpha value is -1.13. The van der Waals surface area contributed by atoms with Gasteiger partial charge in [-0.1, -0.05) is 50.0 Å². The van der Waals surface area contributed by atoms with E-state index < -0.39 is 14.1 Å². The predicted octanol–water partition coefficient (Wildman–Crippen LogP) is 2.57. The molecular weight excluding hydrogens is 230 g/mol. The van der Waals surface area contributed by atoms with Crippen LogP contribution in [0.1, 0.15) is 11.6 Å². The summed E-state index contributed by atoms with van der Waals surface area (Å²) in [7, 11) is -1.16. The summed E-state index contributed by atoms with van der Waals surface area (Å²) in [5.41, 5.74) is 6.62. The summed E-state index contributed by atoms with van der Waals surface area (Å²) in [5.74, 6) is -0.338. The van der Waals surface area contributed by atoms with Crippen LogP contribution in [0, 0.1) is 0 Å². The maximum atomic E-state index is 11.7. The van der Waals surface area contributed by atoms with Crippen molar-refractivity contribution in [3.8, 4) is 0 Å². The summed E-state index contributed by atoms with van der Waals surface area (Å²) in [4.78, 5) is 11.7. The Morgan fingerprint density at radius 2 is 1.88 bits per heavy atom. The van der Waals surface area contributed by atoms with Crippen LogP contribution in [0.5, 0.6) is 0 Å². The Morgan fingerprint density at radius 1 is 1.29 bits per heavy atom. The van der Waals surface area contributed by atoms with Gasteiger partial charge in [-0.05, 0) is 11.6 Å². The third kappa shape index (κ3) is 5.15. The molecule has 0 amide bonds. The van der Waals surface area contributed by atoms with Crippen LogP contribution in [-0.4, -0.2) is 20.7 Å². The van der Waals surface area contributed by atoms with E-state index in [1.807, 2.05) is 30.3 Å². The van der Waals surface area contributed by atoms with Crippen LogP contribution in [0.4, 0.5) is 0 Å². The lowest BCUT2D eigenvalue weighted by molar-refractivity contribution is -0.144. The largest absolute Gasteiger partial charge is 0.465 e. The molecule has 1 aromatic carbocycles. The number of esters is 1. The van der Waals surface area contributed by atoms with Crippen LogP contribution in [0.2, 0.25) is 25.7 Å². The quantitative estimate of drug-likeness (QED) is 0.646. The van der Waals surface area contributed by atoms with E-state index in [2.05, 4.69) is 19.6 Å². The fraction of sp³-hybridized carbons (Fsp3) is 0.462. The molecule has 1 rings (SSSR count). The van der Waals surface area contributed by atoms with Crippen LogP contribution < -0.4 is 5.73 Å². The van der Waals surface area contributed by atoms with Gasteiger partial charge in [0, 0.05) is 8.07 Å². The zero-order valence-corrected chi connectivity index (χ0v) is 11.8. The molecule has 0 aliphatic carbocycles. The molecule has 17 heavy (non-hydrogen) atoms. The van der Waals surface area contributed by atoms with E-state index in [4.69, 9.17) is 10.5 Å². The molecule has 0 bridgehead atoms. The Morgan fingerprint density at radius 3 is 2.41 bits per heavy atom. The third-order valence-corrected chi connectivity index (χ3v) is 4.21. The lowest BCUT2D eigenvalue weighted by Crippen LogP contribution is -2.27. The number of carbonyl (C=O) groups excluding carboxylic acids is 1. The second kappa shape index (κ2) is 5.98. The molecule has 0 unspecified atom stereocenters. The average molecular weight is 251 g/mol. The topological polar surface area (TPSA) is 52.3 Å². The molecular formula is C13H21NO2Si. The van der Waals surface area contributed by atoms with Crippen molar-refractivity contribution in [1.29, 1.82) is 0 Å². The van der Waals surface area contributed by atoms with E-state index in [0.29, 0.717) is 6.61 Å². The number of hydrogen-bond donors (Lipinski definition) is 1. The summed E-state index contributed by atoms with van der Waals surface area (Å²) >= 11 is 0. The highest BCUT2D eigenvalue weighted by Crippen LogP contribution is 2.13. The first-order valence-corrected chi connectivity index (χ1v) is 9.58. The molecule has 0 saturated heterocycles. The average Bonchev–Trinajstić information content (AvgIpc) is 2.27. The number of nitrogens with two attached hydrogens (primary N) is 1. The van der Waals surface area contributed by atoms with E-state index in [1.165, 1.54) is 0 Å². The van der Waals surface area contributed by atoms with Crippen molar-refractivity contribution in [3.63, 3.8) is 0 Å². The molecule has 1 atom stereocenters. The van der Waals surface area contributed by atoms with Gasteiger partial charge in [-0.2, -0.15) is 0 Å². The van der Waals surface area contributed by atoms with Gasteiger partial charge in [-0.25, -0.2) is 4.79 Å². The fourth-order valence-corrected chi connectivity index (χ4v) is 2.06. The molecule has 4 heteroatoms. The van der Waals surface area contributed by atoms with Crippen molar-refractivity contribution < 1.29 is 9.53 Å². The van der Waals surface area contributed by atoms with Crippen LogP contribution >= 0.6 is 0 Å². The molecule has 0 aromatic heterocycles. The Balaban J connectivity index is 2.43. The fourth-order valence-electron chi connectivity index (χ4n) is 1.34. The number of ether oxygens (including phenoxy) is 1. The normalized spacial score (nSPS) is 13.2. The van der Waals surface area contributed by atoms with Gasteiger partial charge in [0.2, 0.25) is 0 Å². The smallest absolute Gasteiger partial charge is 0.327 e. The SMILES string of the molecule is C[Si](C)(C)CCOC(=O)[C@H](N)c1ccccc1. The number of hydrogen-bond acceptors (Lipinski definition) is 3. The predicted molar refractivity (Wildman–Crippen MR) is 72.5 cm³/mol. The van der Waals surface area contributed by atoms with Gasteiger partial charge in [0.05, 0.1) is 6.61 Å². The summed E-state index contributed by atoms with van der Waals surface area (Å²) in [6.07, 6.45) is 0. The van der Waals surface area contributed by atoms with Crippen molar-refractivity contribution in [1.82, 2.24) is 0 Å². The second-order valence-corrected chi connectivity index (χ2v) is 11.0. The number of rotatable bonds is 5. The molecule has 0 aliphatic rings. The van der Waals surface area contributed by atoms with Crippen LogP contribution in [0.3, 0.4) is 0 Å². The van der Waals surface area contributed by atoms with E-state index in [1.54, 1.807) is 0 Å². The zero-order valence-electron chi connectivity index (χ0n) is 10.8. The van der Waals surface area contributed by atoms with Crippen molar-refractivity contribution >= 4 is 14.0 Å². The molecule has 0 fully saturated rings. The van der Waals surface area contributed by atoms with E-state index in [-0.39, 0.29) is 5.97 Å². The van der Waals surface area contributed by atoms with Crippen LogP contribution in [0.15, 0.2) is 30.3 Å². The molecule has 94 valence electrons. The van der Waals surface area contributed by atoms with Gasteiger partial charge in [0.15, 0.2) is 0 Å². The van der Waals surface area contributed by atoms with E-state index >= 15 is 0 Å². The van der Waals surface area contributed by atoms with Gasteiger partial charge in [-0.3, -0.25) is 0 Å². The van der Waals surface area contributed by atoms with Gasteiger partial charge in [0.1, 0.15) is 6.04 Å². The summed E-state index contributed by atoms with van der Waals surface area (Å²) in [6.45, 7) is 7.23. The lowest BCUT2D eigenvalue weighted by atomic mass is 10.1. The number of carbonyl (C=O) groups is 1. The van der Waals surface area contributed by atoms with Crippen molar-refractivity contribution in [3.05, 3.63) is 35.9 Å². The van der Waals surface area contributed by atoms with Crippen molar-refractivity contribution in [2.45, 2.75) is 31.7 Å². The van der Waals surface area contributed by atoms with E-state index in [9.17, 15) is 4.79 Å². The summed E-state index contributed by atoms with van der Waals surface area (Å²) in [5, 5.41) is 0. The van der Waals surface area contributed by atoms with E-state index in [0.717, 1.165) is 11.6 Å². The minimum atomic E-state index is -1.16. The maximum absolute atomic E-state index is 11.7. The van der Waals surface area contributed by atoms with Crippen molar-refractivity contribution in [2.75, 3.05) is 6.61 Å². The lowest BCUT2D eigenvalue weighted by Gasteiger charge is -2.17. The Kier molecular flexibility index (Phi) is 4.90. The first kappa shape index (κ1) is 13.9. The van der Waals surface area contributed by atoms with Gasteiger partial charge >= 0.3 is 5.97 Å². The molecule has 1 aromatic rings. The van der Waals surface area contributed by atoms with Gasteiger partial charge in [-0.15, -0.1) is 0 Å². The molecule has 2 N–H and O–H groups in total. The molecule has 0 saturated carbocycles. The zero-order chi connectivity index (χ0) is 12.9. The van der Waals surface area contributed by atoms with Gasteiger partial charge in [0.25, 0.3) is 0 Å². The minimum absolute atomic E-state index is 0.338. The molecule has 0 radical (unpaired) electrons. The Labute approximate surface area is 104 Å². The van der Waals surface area contributed by atoms with Gasteiger partial charge < -0.3 is 10.5 Å². The highest BCUT2D eigenvalue weighted by molar-refractivity contribution is 6.76. The van der Waals surface area contributed by atoms with Crippen LogP contribution in [-0.2, 0) is 9.53 Å². The first-order valence-electron chi connectivity index (χ1n) is 5.87.